The van der Waals surface area contributed by atoms with Crippen LogP contribution >= 0.6 is 11.3 Å². The molecule has 2 heterocycles. The molecule has 0 bridgehead atoms. The molecular weight excluding hydrogens is 689 g/mol. The van der Waals surface area contributed by atoms with Crippen molar-refractivity contribution in [1.29, 1.82) is 0 Å². The van der Waals surface area contributed by atoms with Gasteiger partial charge in [0, 0.05) is 48.2 Å². The molecule has 11 rings (SSSR count). The monoisotopic (exact) mass is 720 g/mol. The fourth-order valence-electron chi connectivity index (χ4n) is 8.02. The molecule has 0 atom stereocenters. The molecule has 0 unspecified atom stereocenters. The topological polar surface area (TPSA) is 29.3 Å². The minimum Gasteiger partial charge on any atom is -0.435 e. The molecule has 0 radical (unpaired) electrons. The summed E-state index contributed by atoms with van der Waals surface area (Å²) in [7, 11) is 0. The number of benzene rings is 9. The summed E-state index contributed by atoms with van der Waals surface area (Å²) in [6, 6.07) is 69.3. The Morgan fingerprint density at radius 1 is 0.418 bits per heavy atom. The molecule has 0 aliphatic heterocycles. The standard InChI is InChI=1S/C51H32N2OS/c1-4-11-33(12-5-1)35-19-22-39(23-20-35)53(40-18-10-17-37(31-40)34-13-6-2-7-14-34)41-24-26-42-38(32-41)21-25-44-43(42)27-28-45-48-47(55-50(44)45)30-29-46-49(48)54-51(52-46)36-15-8-3-9-16-36/h1-32H. The number of rotatable bonds is 6. The number of nitrogens with zero attached hydrogens (tertiary/aromatic N) is 2. The number of oxazole rings is 1. The van der Waals surface area contributed by atoms with Crippen molar-refractivity contribution in [3.05, 3.63) is 194 Å². The van der Waals surface area contributed by atoms with E-state index in [1.807, 2.05) is 41.7 Å². The van der Waals surface area contributed by atoms with E-state index < -0.39 is 0 Å². The van der Waals surface area contributed by atoms with Crippen LogP contribution in [-0.2, 0) is 0 Å². The zero-order chi connectivity index (χ0) is 36.3. The second-order valence-electron chi connectivity index (χ2n) is 13.9. The van der Waals surface area contributed by atoms with Gasteiger partial charge >= 0.3 is 0 Å². The summed E-state index contributed by atoms with van der Waals surface area (Å²) in [5.41, 5.74) is 10.8. The number of anilines is 3. The fourth-order valence-corrected chi connectivity index (χ4v) is 9.24. The van der Waals surface area contributed by atoms with Crippen LogP contribution in [0.15, 0.2) is 199 Å². The van der Waals surface area contributed by atoms with Crippen molar-refractivity contribution in [3.8, 4) is 33.7 Å². The quantitative estimate of drug-likeness (QED) is 0.160. The van der Waals surface area contributed by atoms with Crippen LogP contribution in [0.4, 0.5) is 17.1 Å². The third-order valence-electron chi connectivity index (χ3n) is 10.7. The summed E-state index contributed by atoms with van der Waals surface area (Å²) in [4.78, 5) is 7.23. The van der Waals surface area contributed by atoms with Gasteiger partial charge in [-0.3, -0.25) is 0 Å². The highest BCUT2D eigenvalue weighted by Gasteiger charge is 2.19. The van der Waals surface area contributed by atoms with Gasteiger partial charge in [-0.1, -0.05) is 133 Å². The predicted octanol–water partition coefficient (Wildman–Crippen LogP) is 15.0. The van der Waals surface area contributed by atoms with E-state index in [1.165, 1.54) is 58.6 Å². The molecule has 3 nitrogen and oxygen atoms in total. The van der Waals surface area contributed by atoms with Crippen LogP contribution in [0.1, 0.15) is 0 Å². The van der Waals surface area contributed by atoms with Gasteiger partial charge in [-0.25, -0.2) is 4.98 Å². The smallest absolute Gasteiger partial charge is 0.227 e. The van der Waals surface area contributed by atoms with E-state index in [1.54, 1.807) is 0 Å². The van der Waals surface area contributed by atoms with E-state index in [0.29, 0.717) is 5.89 Å². The number of hydrogen-bond donors (Lipinski definition) is 0. The largest absolute Gasteiger partial charge is 0.435 e. The molecule has 0 amide bonds. The maximum absolute atomic E-state index is 6.48. The Hall–Kier alpha value is -7.01. The highest BCUT2D eigenvalue weighted by molar-refractivity contribution is 7.26. The molecule has 0 spiro atoms. The molecule has 9 aromatic carbocycles. The van der Waals surface area contributed by atoms with Gasteiger partial charge < -0.3 is 9.32 Å². The van der Waals surface area contributed by atoms with E-state index in [9.17, 15) is 0 Å². The van der Waals surface area contributed by atoms with Crippen molar-refractivity contribution in [2.45, 2.75) is 0 Å². The van der Waals surface area contributed by atoms with Crippen LogP contribution in [0, 0.1) is 0 Å². The minimum absolute atomic E-state index is 0.651. The van der Waals surface area contributed by atoms with Crippen molar-refractivity contribution in [1.82, 2.24) is 4.98 Å². The second kappa shape index (κ2) is 12.8. The van der Waals surface area contributed by atoms with E-state index in [2.05, 4.69) is 169 Å². The minimum atomic E-state index is 0.651. The van der Waals surface area contributed by atoms with Gasteiger partial charge in [-0.2, -0.15) is 0 Å². The Morgan fingerprint density at radius 2 is 1.02 bits per heavy atom. The van der Waals surface area contributed by atoms with Crippen LogP contribution in [0.2, 0.25) is 0 Å². The Morgan fingerprint density at radius 3 is 1.78 bits per heavy atom. The van der Waals surface area contributed by atoms with E-state index in [-0.39, 0.29) is 0 Å². The lowest BCUT2D eigenvalue weighted by molar-refractivity contribution is 0.623. The maximum Gasteiger partial charge on any atom is 0.227 e. The van der Waals surface area contributed by atoms with Crippen molar-refractivity contribution < 1.29 is 4.42 Å². The van der Waals surface area contributed by atoms with Crippen molar-refractivity contribution >= 4 is 81.2 Å². The second-order valence-corrected chi connectivity index (χ2v) is 15.0. The van der Waals surface area contributed by atoms with Crippen LogP contribution in [0.25, 0.3) is 86.5 Å². The van der Waals surface area contributed by atoms with Gasteiger partial charge in [-0.15, -0.1) is 11.3 Å². The molecule has 4 heteroatoms. The fraction of sp³-hybridized carbons (Fsp3) is 0. The molecule has 0 saturated carbocycles. The first-order chi connectivity index (χ1) is 27.2. The van der Waals surface area contributed by atoms with Crippen LogP contribution in [0.3, 0.4) is 0 Å². The van der Waals surface area contributed by atoms with Gasteiger partial charge in [0.05, 0.1) is 0 Å². The lowest BCUT2D eigenvalue weighted by Crippen LogP contribution is -2.10. The Kier molecular flexibility index (Phi) is 7.35. The average Bonchev–Trinajstić information content (AvgIpc) is 3.87. The zero-order valence-corrected chi connectivity index (χ0v) is 30.5. The number of hydrogen-bond acceptors (Lipinski definition) is 4. The molecule has 2 aromatic heterocycles. The first kappa shape index (κ1) is 31.5. The highest BCUT2D eigenvalue weighted by Crippen LogP contribution is 2.45. The molecule has 258 valence electrons. The molecule has 0 fully saturated rings. The van der Waals surface area contributed by atoms with Crippen LogP contribution in [-0.4, -0.2) is 4.98 Å². The lowest BCUT2D eigenvalue weighted by Gasteiger charge is -2.27. The molecule has 55 heavy (non-hydrogen) atoms. The number of fused-ring (bicyclic) bond motifs is 9. The van der Waals surface area contributed by atoms with Gasteiger partial charge in [0.2, 0.25) is 5.89 Å². The van der Waals surface area contributed by atoms with Gasteiger partial charge in [0.1, 0.15) is 5.52 Å². The number of thiophene rings is 1. The Balaban J connectivity index is 1.04. The van der Waals surface area contributed by atoms with E-state index in [0.717, 1.165) is 39.1 Å². The summed E-state index contributed by atoms with van der Waals surface area (Å²) < 4.78 is 8.94. The maximum atomic E-state index is 6.48. The van der Waals surface area contributed by atoms with Crippen molar-refractivity contribution in [2.75, 3.05) is 4.90 Å². The summed E-state index contributed by atoms with van der Waals surface area (Å²) in [6.45, 7) is 0. The van der Waals surface area contributed by atoms with E-state index in [4.69, 9.17) is 9.40 Å². The molecule has 0 aliphatic carbocycles. The van der Waals surface area contributed by atoms with Gasteiger partial charge in [0.25, 0.3) is 0 Å². The van der Waals surface area contributed by atoms with Gasteiger partial charge in [-0.05, 0) is 99.1 Å². The Bertz CT molecular complexity index is 3190. The summed E-state index contributed by atoms with van der Waals surface area (Å²) in [5, 5.41) is 7.25. The third kappa shape index (κ3) is 5.38. The normalized spacial score (nSPS) is 11.6. The summed E-state index contributed by atoms with van der Waals surface area (Å²) >= 11 is 1.83. The van der Waals surface area contributed by atoms with Crippen LogP contribution < -0.4 is 4.90 Å². The molecule has 0 N–H and O–H groups in total. The zero-order valence-electron chi connectivity index (χ0n) is 29.7. The van der Waals surface area contributed by atoms with E-state index >= 15 is 0 Å². The first-order valence-corrected chi connectivity index (χ1v) is 19.3. The average molecular weight is 721 g/mol. The van der Waals surface area contributed by atoms with Gasteiger partial charge in [0.15, 0.2) is 5.58 Å². The third-order valence-corrected chi connectivity index (χ3v) is 11.9. The molecule has 11 aromatic rings. The molecule has 0 aliphatic rings. The number of aromatic nitrogens is 1. The van der Waals surface area contributed by atoms with Crippen molar-refractivity contribution in [3.63, 3.8) is 0 Å². The van der Waals surface area contributed by atoms with Crippen molar-refractivity contribution in [2.24, 2.45) is 0 Å². The summed E-state index contributed by atoms with van der Waals surface area (Å²) in [5.74, 6) is 0.651. The first-order valence-electron chi connectivity index (χ1n) is 18.5. The molecule has 0 saturated heterocycles. The molecular formula is C51H32N2OS. The summed E-state index contributed by atoms with van der Waals surface area (Å²) in [6.07, 6.45) is 0. The van der Waals surface area contributed by atoms with Crippen LogP contribution in [0.5, 0.6) is 0 Å². The SMILES string of the molecule is c1ccc(-c2ccc(N(c3cccc(-c4ccccc4)c3)c3ccc4c(ccc5c4ccc4c5sc5ccc6nc(-c7ccccc7)oc6c54)c3)cc2)cc1. The lowest BCUT2D eigenvalue weighted by atomic mass is 9.98. The highest BCUT2D eigenvalue weighted by atomic mass is 32.1. The predicted molar refractivity (Wildman–Crippen MR) is 233 cm³/mol. The Labute approximate surface area is 322 Å².